The summed E-state index contributed by atoms with van der Waals surface area (Å²) in [4.78, 5) is 9.92. The normalized spacial score (nSPS) is 20.8. The minimum Gasteiger partial charge on any atom is -0.312 e. The van der Waals surface area contributed by atoms with Gasteiger partial charge in [0.25, 0.3) is 5.69 Å². The van der Waals surface area contributed by atoms with E-state index in [4.69, 9.17) is 11.6 Å². The minimum atomic E-state index is -3.73. The first-order valence-corrected chi connectivity index (χ1v) is 7.81. The van der Waals surface area contributed by atoms with Crippen LogP contribution in [0.25, 0.3) is 0 Å². The maximum atomic E-state index is 12.5. The number of hydrogen-bond donors (Lipinski definition) is 1. The Morgan fingerprint density at radius 3 is 2.75 bits per heavy atom. The summed E-state index contributed by atoms with van der Waals surface area (Å²) in [5, 5.41) is 13.6. The molecule has 0 aliphatic carbocycles. The molecule has 9 heteroatoms. The van der Waals surface area contributed by atoms with Crippen LogP contribution in [-0.4, -0.2) is 43.3 Å². The quantitative estimate of drug-likeness (QED) is 0.668. The zero-order valence-corrected chi connectivity index (χ0v) is 12.3. The minimum absolute atomic E-state index is 0.0512. The molecule has 1 N–H and O–H groups in total. The second kappa shape index (κ2) is 5.65. The number of nitro benzene ring substituents is 1. The molecule has 1 aliphatic heterocycles. The lowest BCUT2D eigenvalue weighted by molar-refractivity contribution is -0.384. The highest BCUT2D eigenvalue weighted by Crippen LogP contribution is 2.28. The molecule has 0 bridgehead atoms. The number of hydrogen-bond acceptors (Lipinski definition) is 5. The topological polar surface area (TPSA) is 92.5 Å². The average molecular weight is 320 g/mol. The van der Waals surface area contributed by atoms with E-state index in [0.29, 0.717) is 19.6 Å². The van der Waals surface area contributed by atoms with E-state index in [0.717, 1.165) is 12.1 Å². The number of sulfonamides is 1. The summed E-state index contributed by atoms with van der Waals surface area (Å²) in [5.41, 5.74) is -0.234. The lowest BCUT2D eigenvalue weighted by atomic mass is 10.3. The van der Waals surface area contributed by atoms with E-state index in [1.54, 1.807) is 0 Å². The van der Waals surface area contributed by atoms with Gasteiger partial charge in [0.05, 0.1) is 9.95 Å². The van der Waals surface area contributed by atoms with Crippen molar-refractivity contribution in [2.24, 2.45) is 0 Å². The highest BCUT2D eigenvalue weighted by atomic mass is 35.5. The summed E-state index contributed by atoms with van der Waals surface area (Å²) in [7, 11) is -3.73. The van der Waals surface area contributed by atoms with Gasteiger partial charge in [0.1, 0.15) is 4.90 Å². The zero-order valence-electron chi connectivity index (χ0n) is 10.7. The SMILES string of the molecule is C[C@@H]1CN(S(=O)(=O)c2ccc([N+](=O)[O-])cc2Cl)CCN1. The van der Waals surface area contributed by atoms with E-state index in [1.165, 1.54) is 10.4 Å². The molecule has 0 unspecified atom stereocenters. The summed E-state index contributed by atoms with van der Waals surface area (Å²) >= 11 is 5.89. The van der Waals surface area contributed by atoms with Gasteiger partial charge >= 0.3 is 0 Å². The van der Waals surface area contributed by atoms with Crippen LogP contribution in [0.15, 0.2) is 23.1 Å². The molecule has 0 radical (unpaired) electrons. The Kier molecular flexibility index (Phi) is 4.28. The van der Waals surface area contributed by atoms with E-state index < -0.39 is 14.9 Å². The molecule has 1 aromatic rings. The highest BCUT2D eigenvalue weighted by Gasteiger charge is 2.30. The third-order valence-electron chi connectivity index (χ3n) is 3.08. The van der Waals surface area contributed by atoms with Crippen LogP contribution in [0.3, 0.4) is 0 Å². The number of rotatable bonds is 3. The van der Waals surface area contributed by atoms with Gasteiger partial charge in [-0.05, 0) is 13.0 Å². The van der Waals surface area contributed by atoms with Crippen LogP contribution in [0, 0.1) is 10.1 Å². The first kappa shape index (κ1) is 15.2. The van der Waals surface area contributed by atoms with Crippen LogP contribution in [0.5, 0.6) is 0 Å². The zero-order chi connectivity index (χ0) is 14.9. The lowest BCUT2D eigenvalue weighted by Gasteiger charge is -2.31. The van der Waals surface area contributed by atoms with Crippen LogP contribution >= 0.6 is 11.6 Å². The van der Waals surface area contributed by atoms with Crippen LogP contribution < -0.4 is 5.32 Å². The molecule has 110 valence electrons. The first-order chi connectivity index (χ1) is 9.32. The van der Waals surface area contributed by atoms with Crippen molar-refractivity contribution >= 4 is 27.3 Å². The van der Waals surface area contributed by atoms with E-state index in [2.05, 4.69) is 5.32 Å². The van der Waals surface area contributed by atoms with E-state index in [9.17, 15) is 18.5 Å². The van der Waals surface area contributed by atoms with E-state index in [-0.39, 0.29) is 21.6 Å². The van der Waals surface area contributed by atoms with Crippen molar-refractivity contribution in [2.45, 2.75) is 17.9 Å². The second-order valence-corrected chi connectivity index (χ2v) is 6.90. The number of piperazine rings is 1. The lowest BCUT2D eigenvalue weighted by Crippen LogP contribution is -2.51. The molecule has 0 saturated carbocycles. The molecule has 0 spiro atoms. The number of nitrogens with one attached hydrogen (secondary N) is 1. The van der Waals surface area contributed by atoms with Gasteiger partial charge < -0.3 is 5.32 Å². The van der Waals surface area contributed by atoms with Gasteiger partial charge in [-0.3, -0.25) is 10.1 Å². The first-order valence-electron chi connectivity index (χ1n) is 6.00. The molecule has 1 heterocycles. The standard InChI is InChI=1S/C11H14ClN3O4S/c1-8-7-14(5-4-13-8)20(18,19)11-3-2-9(15(16)17)6-10(11)12/h2-3,6,8,13H,4-5,7H2,1H3/t8-/m1/s1. The highest BCUT2D eigenvalue weighted by molar-refractivity contribution is 7.89. The number of non-ortho nitro benzene ring substituents is 1. The van der Waals surface area contributed by atoms with Gasteiger partial charge in [-0.25, -0.2) is 8.42 Å². The van der Waals surface area contributed by atoms with Crippen LogP contribution in [0.2, 0.25) is 5.02 Å². The number of halogens is 1. The van der Waals surface area contributed by atoms with E-state index in [1.807, 2.05) is 6.92 Å². The molecule has 0 amide bonds. The van der Waals surface area contributed by atoms with Gasteiger partial charge in [-0.1, -0.05) is 11.6 Å². The molecule has 1 aliphatic rings. The summed E-state index contributed by atoms with van der Waals surface area (Å²) < 4.78 is 26.3. The van der Waals surface area contributed by atoms with Gasteiger partial charge in [0, 0.05) is 37.8 Å². The van der Waals surface area contributed by atoms with Crippen molar-refractivity contribution in [3.63, 3.8) is 0 Å². The molecule has 1 aromatic carbocycles. The third-order valence-corrected chi connectivity index (χ3v) is 5.42. The molecule has 0 aromatic heterocycles. The summed E-state index contributed by atoms with van der Waals surface area (Å²) in [6, 6.07) is 3.43. The van der Waals surface area contributed by atoms with E-state index >= 15 is 0 Å². The summed E-state index contributed by atoms with van der Waals surface area (Å²) in [6.07, 6.45) is 0. The second-order valence-electron chi connectivity index (χ2n) is 4.59. The molecule has 7 nitrogen and oxygen atoms in total. The molecule has 1 fully saturated rings. The van der Waals surface area contributed by atoms with Gasteiger partial charge in [0.2, 0.25) is 10.0 Å². The van der Waals surface area contributed by atoms with Crippen molar-refractivity contribution in [3.05, 3.63) is 33.3 Å². The number of benzene rings is 1. The predicted octanol–water partition coefficient (Wildman–Crippen LogP) is 1.23. The van der Waals surface area contributed by atoms with Gasteiger partial charge in [-0.2, -0.15) is 4.31 Å². The summed E-state index contributed by atoms with van der Waals surface area (Å²) in [6.45, 7) is 3.14. The van der Waals surface area contributed by atoms with Gasteiger partial charge in [0.15, 0.2) is 0 Å². The van der Waals surface area contributed by atoms with Crippen molar-refractivity contribution in [1.82, 2.24) is 9.62 Å². The molecular formula is C11H14ClN3O4S. The fraction of sp³-hybridized carbons (Fsp3) is 0.455. The Hall–Kier alpha value is -1.22. The van der Waals surface area contributed by atoms with Crippen LogP contribution in [0.4, 0.5) is 5.69 Å². The summed E-state index contributed by atoms with van der Waals surface area (Å²) in [5.74, 6) is 0. The predicted molar refractivity (Wildman–Crippen MR) is 74.3 cm³/mol. The fourth-order valence-electron chi connectivity index (χ4n) is 2.07. The Balaban J connectivity index is 2.36. The molecule has 2 rings (SSSR count). The maximum absolute atomic E-state index is 12.5. The average Bonchev–Trinajstić information content (AvgIpc) is 2.38. The molecule has 1 atom stereocenters. The number of nitrogens with zero attached hydrogens (tertiary/aromatic N) is 2. The Bertz CT molecular complexity index is 635. The third kappa shape index (κ3) is 2.93. The molecular weight excluding hydrogens is 306 g/mol. The van der Waals surface area contributed by atoms with Crippen molar-refractivity contribution < 1.29 is 13.3 Å². The fourth-order valence-corrected chi connectivity index (χ4v) is 4.11. The maximum Gasteiger partial charge on any atom is 0.271 e. The molecule has 1 saturated heterocycles. The van der Waals surface area contributed by atoms with Crippen LogP contribution in [0.1, 0.15) is 6.92 Å². The molecule has 20 heavy (non-hydrogen) atoms. The Morgan fingerprint density at radius 1 is 1.50 bits per heavy atom. The Labute approximate surface area is 121 Å². The smallest absolute Gasteiger partial charge is 0.271 e. The monoisotopic (exact) mass is 319 g/mol. The number of nitro groups is 1. The van der Waals surface area contributed by atoms with Crippen LogP contribution in [-0.2, 0) is 10.0 Å². The van der Waals surface area contributed by atoms with Crippen molar-refractivity contribution in [3.8, 4) is 0 Å². The Morgan fingerprint density at radius 2 is 2.20 bits per heavy atom. The van der Waals surface area contributed by atoms with Gasteiger partial charge in [-0.15, -0.1) is 0 Å². The van der Waals surface area contributed by atoms with Crippen molar-refractivity contribution in [1.29, 1.82) is 0 Å². The van der Waals surface area contributed by atoms with Crippen molar-refractivity contribution in [2.75, 3.05) is 19.6 Å². The largest absolute Gasteiger partial charge is 0.312 e.